The summed E-state index contributed by atoms with van der Waals surface area (Å²) in [6.45, 7) is 0. The van der Waals surface area contributed by atoms with E-state index in [9.17, 15) is 4.79 Å². The van der Waals surface area contributed by atoms with Crippen LogP contribution in [0.2, 0.25) is 0 Å². The number of ketones is 1. The number of rotatable bonds is 7. The molecule has 32 heavy (non-hydrogen) atoms. The van der Waals surface area contributed by atoms with Crippen molar-refractivity contribution in [3.63, 3.8) is 0 Å². The molecule has 0 atom stereocenters. The van der Waals surface area contributed by atoms with Crippen LogP contribution >= 0.6 is 0 Å². The molecular weight excluding hydrogens is 400 g/mol. The first-order valence-electron chi connectivity index (χ1n) is 10.00. The SMILES string of the molecule is COc1cc(/C=C/C(=O)/C=C/c2cccc(C#Cc3ccccc3)c2)cc(OC)c1OC. The van der Waals surface area contributed by atoms with Gasteiger partial charge < -0.3 is 14.2 Å². The van der Waals surface area contributed by atoms with Crippen molar-refractivity contribution in [2.24, 2.45) is 0 Å². The van der Waals surface area contributed by atoms with E-state index in [1.54, 1.807) is 45.6 Å². The summed E-state index contributed by atoms with van der Waals surface area (Å²) in [5.41, 5.74) is 3.51. The van der Waals surface area contributed by atoms with Gasteiger partial charge in [0.25, 0.3) is 0 Å². The molecule has 160 valence electrons. The maximum atomic E-state index is 12.3. The van der Waals surface area contributed by atoms with Crippen molar-refractivity contribution in [1.29, 1.82) is 0 Å². The Labute approximate surface area is 188 Å². The second-order valence-corrected chi connectivity index (χ2v) is 6.77. The molecule has 3 aromatic carbocycles. The summed E-state index contributed by atoms with van der Waals surface area (Å²) in [6.07, 6.45) is 6.50. The Bertz CT molecular complexity index is 1170. The Balaban J connectivity index is 1.71. The number of methoxy groups -OCH3 is 3. The summed E-state index contributed by atoms with van der Waals surface area (Å²) in [7, 11) is 4.65. The molecule has 0 aromatic heterocycles. The van der Waals surface area contributed by atoms with Crippen molar-refractivity contribution >= 4 is 17.9 Å². The monoisotopic (exact) mass is 424 g/mol. The molecule has 0 heterocycles. The zero-order chi connectivity index (χ0) is 22.8. The predicted octanol–water partition coefficient (Wildman–Crippen LogP) is 5.41. The number of benzene rings is 3. The zero-order valence-electron chi connectivity index (χ0n) is 18.3. The van der Waals surface area contributed by atoms with Gasteiger partial charge in [0.2, 0.25) is 5.75 Å². The molecule has 0 aliphatic carbocycles. The highest BCUT2D eigenvalue weighted by Gasteiger charge is 2.12. The lowest BCUT2D eigenvalue weighted by atomic mass is 10.1. The third-order valence-corrected chi connectivity index (χ3v) is 4.58. The number of allylic oxidation sites excluding steroid dienone is 2. The van der Waals surface area contributed by atoms with E-state index in [2.05, 4.69) is 11.8 Å². The molecule has 0 fully saturated rings. The molecule has 3 rings (SSSR count). The van der Waals surface area contributed by atoms with Crippen LogP contribution in [0.3, 0.4) is 0 Å². The minimum atomic E-state index is -0.139. The van der Waals surface area contributed by atoms with Gasteiger partial charge in [0.05, 0.1) is 21.3 Å². The molecule has 0 aliphatic heterocycles. The van der Waals surface area contributed by atoms with E-state index in [1.807, 2.05) is 54.6 Å². The third-order valence-electron chi connectivity index (χ3n) is 4.58. The lowest BCUT2D eigenvalue weighted by Gasteiger charge is -2.12. The molecule has 0 N–H and O–H groups in total. The number of ether oxygens (including phenoxy) is 3. The summed E-state index contributed by atoms with van der Waals surface area (Å²) in [6, 6.07) is 21.1. The second-order valence-electron chi connectivity index (χ2n) is 6.77. The first-order valence-corrected chi connectivity index (χ1v) is 10.00. The Morgan fingerprint density at radius 3 is 1.91 bits per heavy atom. The van der Waals surface area contributed by atoms with Gasteiger partial charge in [0.1, 0.15) is 0 Å². The van der Waals surface area contributed by atoms with Gasteiger partial charge in [-0.2, -0.15) is 0 Å². The van der Waals surface area contributed by atoms with Gasteiger partial charge in [-0.3, -0.25) is 4.79 Å². The van der Waals surface area contributed by atoms with Gasteiger partial charge in [-0.15, -0.1) is 0 Å². The van der Waals surface area contributed by atoms with Crippen LogP contribution in [0.4, 0.5) is 0 Å². The van der Waals surface area contributed by atoms with Crippen molar-refractivity contribution in [1.82, 2.24) is 0 Å². The molecule has 0 saturated heterocycles. The maximum absolute atomic E-state index is 12.3. The van der Waals surface area contributed by atoms with Crippen molar-refractivity contribution in [3.05, 3.63) is 101 Å². The first-order chi connectivity index (χ1) is 15.6. The minimum Gasteiger partial charge on any atom is -0.493 e. The molecular formula is C28H24O4. The maximum Gasteiger partial charge on any atom is 0.203 e. The number of hydrogen-bond acceptors (Lipinski definition) is 4. The Kier molecular flexibility index (Phi) is 7.89. The van der Waals surface area contributed by atoms with Gasteiger partial charge >= 0.3 is 0 Å². The van der Waals surface area contributed by atoms with Gasteiger partial charge in [-0.05, 0) is 59.7 Å². The summed E-state index contributed by atoms with van der Waals surface area (Å²) < 4.78 is 16.0. The molecule has 0 bridgehead atoms. The fourth-order valence-corrected chi connectivity index (χ4v) is 3.00. The second kappa shape index (κ2) is 11.2. The van der Waals surface area contributed by atoms with E-state index >= 15 is 0 Å². The fourth-order valence-electron chi connectivity index (χ4n) is 3.00. The molecule has 0 spiro atoms. The van der Waals surface area contributed by atoms with Crippen LogP contribution in [0.5, 0.6) is 17.2 Å². The van der Waals surface area contributed by atoms with E-state index in [4.69, 9.17) is 14.2 Å². The summed E-state index contributed by atoms with van der Waals surface area (Å²) in [4.78, 5) is 12.3. The van der Waals surface area contributed by atoms with Crippen LogP contribution in [-0.2, 0) is 4.79 Å². The molecule has 3 aromatic rings. The smallest absolute Gasteiger partial charge is 0.203 e. The van der Waals surface area contributed by atoms with Crippen molar-refractivity contribution in [2.75, 3.05) is 21.3 Å². The highest BCUT2D eigenvalue weighted by atomic mass is 16.5. The van der Waals surface area contributed by atoms with E-state index in [0.29, 0.717) is 17.2 Å². The van der Waals surface area contributed by atoms with Crippen LogP contribution in [0.25, 0.3) is 12.2 Å². The van der Waals surface area contributed by atoms with Crippen molar-refractivity contribution < 1.29 is 19.0 Å². The van der Waals surface area contributed by atoms with E-state index in [0.717, 1.165) is 22.3 Å². The molecule has 4 heteroatoms. The quantitative estimate of drug-likeness (QED) is 0.376. The largest absolute Gasteiger partial charge is 0.493 e. The highest BCUT2D eigenvalue weighted by Crippen LogP contribution is 2.38. The lowest BCUT2D eigenvalue weighted by Crippen LogP contribution is -1.95. The normalized spacial score (nSPS) is 10.6. The average molecular weight is 424 g/mol. The van der Waals surface area contributed by atoms with Crippen LogP contribution in [0.1, 0.15) is 22.3 Å². The summed E-state index contributed by atoms with van der Waals surface area (Å²) >= 11 is 0. The van der Waals surface area contributed by atoms with Gasteiger partial charge in [0, 0.05) is 11.1 Å². The van der Waals surface area contributed by atoms with Gasteiger partial charge in [0.15, 0.2) is 17.3 Å². The number of carbonyl (C=O) groups is 1. The van der Waals surface area contributed by atoms with Crippen LogP contribution in [-0.4, -0.2) is 27.1 Å². The standard InChI is InChI=1S/C28H24O4/c1-30-26-19-24(20-27(31-2)28(26)32-3)15-17-25(29)16-14-23-11-7-10-22(18-23)13-12-21-8-5-4-6-9-21/h4-11,14-20H,1-3H3/b16-14+,17-15+. The van der Waals surface area contributed by atoms with E-state index in [1.165, 1.54) is 12.2 Å². The van der Waals surface area contributed by atoms with E-state index in [-0.39, 0.29) is 5.78 Å². The highest BCUT2D eigenvalue weighted by molar-refractivity contribution is 6.04. The Morgan fingerprint density at radius 1 is 0.688 bits per heavy atom. The zero-order valence-corrected chi connectivity index (χ0v) is 18.3. The van der Waals surface area contributed by atoms with Crippen molar-refractivity contribution in [3.8, 4) is 29.1 Å². The third kappa shape index (κ3) is 6.13. The fraction of sp³-hybridized carbons (Fsp3) is 0.107. The lowest BCUT2D eigenvalue weighted by molar-refractivity contribution is -0.110. The van der Waals surface area contributed by atoms with Gasteiger partial charge in [-0.1, -0.05) is 54.3 Å². The van der Waals surface area contributed by atoms with Crippen molar-refractivity contribution in [2.45, 2.75) is 0 Å². The topological polar surface area (TPSA) is 44.8 Å². The summed E-state index contributed by atoms with van der Waals surface area (Å²) in [5, 5.41) is 0. The average Bonchev–Trinajstić information content (AvgIpc) is 2.85. The van der Waals surface area contributed by atoms with Gasteiger partial charge in [-0.25, -0.2) is 0 Å². The van der Waals surface area contributed by atoms with Crippen LogP contribution in [0, 0.1) is 11.8 Å². The summed E-state index contributed by atoms with van der Waals surface area (Å²) in [5.74, 6) is 7.72. The molecule has 4 nitrogen and oxygen atoms in total. The molecule has 0 saturated carbocycles. The predicted molar refractivity (Wildman–Crippen MR) is 128 cm³/mol. The molecule has 0 aliphatic rings. The van der Waals surface area contributed by atoms with Crippen LogP contribution < -0.4 is 14.2 Å². The molecule has 0 amide bonds. The van der Waals surface area contributed by atoms with Crippen LogP contribution in [0.15, 0.2) is 78.9 Å². The van der Waals surface area contributed by atoms with E-state index < -0.39 is 0 Å². The Morgan fingerprint density at radius 2 is 1.28 bits per heavy atom. The number of hydrogen-bond donors (Lipinski definition) is 0. The minimum absolute atomic E-state index is 0.139. The number of carbonyl (C=O) groups excluding carboxylic acids is 1. The Hall–Kier alpha value is -4.23. The molecule has 0 radical (unpaired) electrons. The molecule has 0 unspecified atom stereocenters. The first kappa shape index (κ1) is 22.5.